The number of anilines is 1. The van der Waals surface area contributed by atoms with Gasteiger partial charge in [0.05, 0.1) is 27.9 Å². The summed E-state index contributed by atoms with van der Waals surface area (Å²) in [6.07, 6.45) is 3.60. The number of nitro groups is 1. The lowest BCUT2D eigenvalue weighted by atomic mass is 10.1. The van der Waals surface area contributed by atoms with Gasteiger partial charge >= 0.3 is 0 Å². The predicted octanol–water partition coefficient (Wildman–Crippen LogP) is 6.15. The molecule has 4 rings (SSSR count). The molecule has 0 spiro atoms. The quantitative estimate of drug-likeness (QED) is 0.244. The molecule has 32 heavy (non-hydrogen) atoms. The molecule has 3 aromatic rings. The molecule has 0 aromatic heterocycles. The van der Waals surface area contributed by atoms with Crippen LogP contribution in [0, 0.1) is 17.0 Å². The van der Waals surface area contributed by atoms with Crippen molar-refractivity contribution < 1.29 is 14.5 Å². The maximum Gasteiger partial charge on any atom is 0.274 e. The summed E-state index contributed by atoms with van der Waals surface area (Å²) in [6, 6.07) is 19.9. The lowest BCUT2D eigenvalue weighted by molar-refractivity contribution is -0.385. The van der Waals surface area contributed by atoms with E-state index in [1.54, 1.807) is 32.2 Å². The van der Waals surface area contributed by atoms with Gasteiger partial charge in [-0.15, -0.1) is 0 Å². The largest absolute Gasteiger partial charge is 0.496 e. The average molecular weight is 491 g/mol. The molecular formula is C25H19BrN2O4. The SMILES string of the molecule is COc1ccc(/C=C2\C=C(c3ccccc3)N(c3ccc(C)c([N+](=O)[O-])c3)C2=O)cc1Br. The van der Waals surface area contributed by atoms with Gasteiger partial charge in [0.25, 0.3) is 11.6 Å². The Balaban J connectivity index is 1.83. The number of carbonyl (C=O) groups excluding carboxylic acids is 1. The first-order chi connectivity index (χ1) is 15.4. The summed E-state index contributed by atoms with van der Waals surface area (Å²) in [5.41, 5.74) is 3.75. The maximum atomic E-state index is 13.5. The van der Waals surface area contributed by atoms with Crippen LogP contribution in [0.5, 0.6) is 5.75 Å². The normalized spacial score (nSPS) is 14.6. The van der Waals surface area contributed by atoms with Crippen molar-refractivity contribution in [2.75, 3.05) is 12.0 Å². The molecule has 0 bridgehead atoms. The molecule has 1 amide bonds. The molecule has 0 aliphatic carbocycles. The molecule has 0 unspecified atom stereocenters. The molecule has 0 saturated carbocycles. The summed E-state index contributed by atoms with van der Waals surface area (Å²) in [7, 11) is 1.59. The second-order valence-corrected chi connectivity index (χ2v) is 8.11. The van der Waals surface area contributed by atoms with Crippen molar-refractivity contribution in [2.24, 2.45) is 0 Å². The zero-order chi connectivity index (χ0) is 22.8. The minimum Gasteiger partial charge on any atom is -0.496 e. The summed E-state index contributed by atoms with van der Waals surface area (Å²) in [5.74, 6) is 0.438. The van der Waals surface area contributed by atoms with Gasteiger partial charge in [-0.1, -0.05) is 42.5 Å². The third kappa shape index (κ3) is 4.07. The molecule has 0 atom stereocenters. The van der Waals surface area contributed by atoms with Crippen molar-refractivity contribution in [3.63, 3.8) is 0 Å². The van der Waals surface area contributed by atoms with Crippen molar-refractivity contribution in [3.05, 3.63) is 110 Å². The molecule has 160 valence electrons. The number of nitrogens with zero attached hydrogens (tertiary/aromatic N) is 2. The van der Waals surface area contributed by atoms with E-state index in [0.29, 0.717) is 28.3 Å². The molecule has 7 heteroatoms. The summed E-state index contributed by atoms with van der Waals surface area (Å²) < 4.78 is 6.05. The number of amides is 1. The van der Waals surface area contributed by atoms with Crippen LogP contribution in [0.1, 0.15) is 16.7 Å². The van der Waals surface area contributed by atoms with Gasteiger partial charge in [-0.25, -0.2) is 0 Å². The lowest BCUT2D eigenvalue weighted by Gasteiger charge is -2.21. The number of hydrogen-bond acceptors (Lipinski definition) is 4. The monoisotopic (exact) mass is 490 g/mol. The predicted molar refractivity (Wildman–Crippen MR) is 128 cm³/mol. The highest BCUT2D eigenvalue weighted by atomic mass is 79.9. The Morgan fingerprint density at radius 3 is 2.47 bits per heavy atom. The van der Waals surface area contributed by atoms with E-state index in [1.165, 1.54) is 11.0 Å². The second kappa shape index (κ2) is 8.80. The summed E-state index contributed by atoms with van der Waals surface area (Å²) >= 11 is 3.47. The molecular weight excluding hydrogens is 472 g/mol. The van der Waals surface area contributed by atoms with Crippen LogP contribution in [-0.4, -0.2) is 17.9 Å². The molecule has 6 nitrogen and oxygen atoms in total. The number of halogens is 1. The first kappa shape index (κ1) is 21.5. The standard InChI is InChI=1S/C25H19BrN2O4/c1-16-8-10-20(15-22(16)28(30)31)27-23(18-6-4-3-5-7-18)14-19(25(27)29)12-17-9-11-24(32-2)21(26)13-17/h3-15H,1-2H3/b19-12+. The zero-order valence-corrected chi connectivity index (χ0v) is 19.0. The van der Waals surface area contributed by atoms with E-state index in [1.807, 2.05) is 54.6 Å². The zero-order valence-electron chi connectivity index (χ0n) is 17.4. The molecule has 0 saturated heterocycles. The van der Waals surface area contributed by atoms with Gasteiger partial charge in [-0.2, -0.15) is 0 Å². The second-order valence-electron chi connectivity index (χ2n) is 7.26. The fraction of sp³-hybridized carbons (Fsp3) is 0.0800. The smallest absolute Gasteiger partial charge is 0.274 e. The summed E-state index contributed by atoms with van der Waals surface area (Å²) in [5, 5.41) is 11.5. The molecule has 1 aliphatic rings. The van der Waals surface area contributed by atoms with Gasteiger partial charge in [0.15, 0.2) is 0 Å². The third-order valence-corrected chi connectivity index (χ3v) is 5.82. The first-order valence-electron chi connectivity index (χ1n) is 9.81. The van der Waals surface area contributed by atoms with Crippen LogP contribution < -0.4 is 9.64 Å². The van der Waals surface area contributed by atoms with E-state index >= 15 is 0 Å². The van der Waals surface area contributed by atoms with Gasteiger partial charge in [0, 0.05) is 17.2 Å². The van der Waals surface area contributed by atoms with Gasteiger partial charge in [0.2, 0.25) is 0 Å². The van der Waals surface area contributed by atoms with Crippen LogP contribution in [0.2, 0.25) is 0 Å². The van der Waals surface area contributed by atoms with Gasteiger partial charge < -0.3 is 4.74 Å². The Bertz CT molecular complexity index is 1280. The minimum absolute atomic E-state index is 0.0285. The topological polar surface area (TPSA) is 72.7 Å². The Morgan fingerprint density at radius 1 is 1.06 bits per heavy atom. The van der Waals surface area contributed by atoms with E-state index in [0.717, 1.165) is 15.6 Å². The average Bonchev–Trinajstić information content (AvgIpc) is 3.10. The Labute approximate surface area is 193 Å². The summed E-state index contributed by atoms with van der Waals surface area (Å²) in [4.78, 5) is 26.0. The number of ether oxygens (including phenoxy) is 1. The number of benzene rings is 3. The van der Waals surface area contributed by atoms with Crippen molar-refractivity contribution in [1.29, 1.82) is 0 Å². The van der Waals surface area contributed by atoms with Gasteiger partial charge in [-0.05, 0) is 64.3 Å². The van der Waals surface area contributed by atoms with Crippen molar-refractivity contribution in [3.8, 4) is 5.75 Å². The van der Waals surface area contributed by atoms with E-state index in [2.05, 4.69) is 15.9 Å². The number of methoxy groups -OCH3 is 1. The number of aryl methyl sites for hydroxylation is 1. The molecule has 0 fully saturated rings. The maximum absolute atomic E-state index is 13.5. The molecule has 0 N–H and O–H groups in total. The van der Waals surface area contributed by atoms with Crippen molar-refractivity contribution in [2.45, 2.75) is 6.92 Å². The highest BCUT2D eigenvalue weighted by molar-refractivity contribution is 9.10. The Morgan fingerprint density at radius 2 is 1.81 bits per heavy atom. The minimum atomic E-state index is -0.434. The number of carbonyl (C=O) groups is 1. The van der Waals surface area contributed by atoms with Crippen LogP contribution >= 0.6 is 15.9 Å². The van der Waals surface area contributed by atoms with Gasteiger partial charge in [0.1, 0.15) is 5.75 Å². The Hall–Kier alpha value is -3.71. The van der Waals surface area contributed by atoms with Gasteiger partial charge in [-0.3, -0.25) is 19.8 Å². The fourth-order valence-corrected chi connectivity index (χ4v) is 4.14. The molecule has 0 radical (unpaired) electrons. The fourth-order valence-electron chi connectivity index (χ4n) is 3.58. The van der Waals surface area contributed by atoms with Crippen LogP contribution in [-0.2, 0) is 4.79 Å². The lowest BCUT2D eigenvalue weighted by Crippen LogP contribution is -2.25. The molecule has 1 heterocycles. The highest BCUT2D eigenvalue weighted by Gasteiger charge is 2.31. The molecule has 1 aliphatic heterocycles. The van der Waals surface area contributed by atoms with Crippen LogP contribution in [0.3, 0.4) is 0 Å². The molecule has 3 aromatic carbocycles. The Kier molecular flexibility index (Phi) is 5.92. The first-order valence-corrected chi connectivity index (χ1v) is 10.6. The van der Waals surface area contributed by atoms with Crippen molar-refractivity contribution >= 4 is 45.0 Å². The van der Waals surface area contributed by atoms with E-state index in [4.69, 9.17) is 4.74 Å². The number of rotatable bonds is 5. The third-order valence-electron chi connectivity index (χ3n) is 5.20. The summed E-state index contributed by atoms with van der Waals surface area (Å²) in [6.45, 7) is 1.68. The highest BCUT2D eigenvalue weighted by Crippen LogP contribution is 2.37. The van der Waals surface area contributed by atoms with E-state index in [9.17, 15) is 14.9 Å². The van der Waals surface area contributed by atoms with Crippen LogP contribution in [0.4, 0.5) is 11.4 Å². The van der Waals surface area contributed by atoms with E-state index in [-0.39, 0.29) is 11.6 Å². The van der Waals surface area contributed by atoms with Crippen molar-refractivity contribution in [1.82, 2.24) is 0 Å². The van der Waals surface area contributed by atoms with Crippen LogP contribution in [0.15, 0.2) is 82.9 Å². The van der Waals surface area contributed by atoms with E-state index < -0.39 is 4.92 Å². The van der Waals surface area contributed by atoms with Crippen LogP contribution in [0.25, 0.3) is 11.8 Å². The number of hydrogen-bond donors (Lipinski definition) is 0. The number of nitro benzene ring substituents is 1.